The molecule has 0 saturated heterocycles. The van der Waals surface area contributed by atoms with E-state index in [9.17, 15) is 4.79 Å². The predicted molar refractivity (Wildman–Crippen MR) is 39.2 cm³/mol. The summed E-state index contributed by atoms with van der Waals surface area (Å²) in [5.41, 5.74) is 1.86. The van der Waals surface area contributed by atoms with Crippen LogP contribution in [0.2, 0.25) is 0 Å². The maximum atomic E-state index is 9.86. The summed E-state index contributed by atoms with van der Waals surface area (Å²) >= 11 is 0. The minimum Gasteiger partial charge on any atom is -0.211 e. The Balaban J connectivity index is 2.83. The van der Waals surface area contributed by atoms with Gasteiger partial charge in [0.05, 0.1) is 5.70 Å². The molecule has 0 N–H and O–H groups in total. The van der Waals surface area contributed by atoms with Crippen LogP contribution in [0, 0.1) is 0 Å². The van der Waals surface area contributed by atoms with Gasteiger partial charge in [0, 0.05) is 0 Å². The van der Waals surface area contributed by atoms with E-state index in [0.717, 1.165) is 24.1 Å². The third-order valence-corrected chi connectivity index (χ3v) is 1.52. The molecule has 1 rings (SSSR count). The van der Waals surface area contributed by atoms with Gasteiger partial charge in [0.1, 0.15) is 0 Å². The zero-order chi connectivity index (χ0) is 7.40. The topological polar surface area (TPSA) is 29.4 Å². The fourth-order valence-electron chi connectivity index (χ4n) is 0.968. The van der Waals surface area contributed by atoms with Gasteiger partial charge in [0.2, 0.25) is 6.08 Å². The van der Waals surface area contributed by atoms with Crippen molar-refractivity contribution in [1.82, 2.24) is 0 Å². The first kappa shape index (κ1) is 6.97. The number of allylic oxidation sites excluding steroid dienone is 3. The average molecular weight is 135 g/mol. The molecule has 0 saturated carbocycles. The van der Waals surface area contributed by atoms with Gasteiger partial charge < -0.3 is 0 Å². The van der Waals surface area contributed by atoms with Crippen LogP contribution >= 0.6 is 0 Å². The third-order valence-electron chi connectivity index (χ3n) is 1.52. The molecular weight excluding hydrogens is 126 g/mol. The van der Waals surface area contributed by atoms with Gasteiger partial charge in [-0.15, -0.1) is 0 Å². The molecule has 0 heterocycles. The van der Waals surface area contributed by atoms with E-state index in [4.69, 9.17) is 0 Å². The van der Waals surface area contributed by atoms with Crippen molar-refractivity contribution in [2.75, 3.05) is 0 Å². The molecule has 1 aliphatic carbocycles. The molecule has 0 aromatic heterocycles. The number of hydrogen-bond acceptors (Lipinski definition) is 2. The SMILES string of the molecule is CC1=CCCC=C1N=C=O. The molecule has 0 aliphatic heterocycles. The highest BCUT2D eigenvalue weighted by molar-refractivity contribution is 5.43. The summed E-state index contributed by atoms with van der Waals surface area (Å²) < 4.78 is 0. The van der Waals surface area contributed by atoms with Crippen LogP contribution in [-0.2, 0) is 4.79 Å². The quantitative estimate of drug-likeness (QED) is 0.399. The highest BCUT2D eigenvalue weighted by Gasteiger charge is 2.00. The van der Waals surface area contributed by atoms with Gasteiger partial charge in [-0.25, -0.2) is 4.79 Å². The van der Waals surface area contributed by atoms with Crippen LogP contribution in [0.25, 0.3) is 0 Å². The normalized spacial score (nSPS) is 16.9. The first-order chi connectivity index (χ1) is 4.84. The van der Waals surface area contributed by atoms with Gasteiger partial charge in [-0.2, -0.15) is 4.99 Å². The molecule has 2 heteroatoms. The molecule has 0 unspecified atom stereocenters. The lowest BCUT2D eigenvalue weighted by atomic mass is 10.1. The summed E-state index contributed by atoms with van der Waals surface area (Å²) in [6.07, 6.45) is 7.62. The number of isocyanates is 1. The minimum absolute atomic E-state index is 0.779. The van der Waals surface area contributed by atoms with Crippen molar-refractivity contribution in [2.45, 2.75) is 19.8 Å². The Morgan fingerprint density at radius 3 is 2.80 bits per heavy atom. The number of carbonyl (C=O) groups excluding carboxylic acids is 1. The van der Waals surface area contributed by atoms with Crippen molar-refractivity contribution < 1.29 is 4.79 Å². The highest BCUT2D eigenvalue weighted by atomic mass is 16.1. The lowest BCUT2D eigenvalue weighted by molar-refractivity contribution is 0.564. The number of hydrogen-bond donors (Lipinski definition) is 0. The molecule has 2 nitrogen and oxygen atoms in total. The molecule has 0 aromatic rings. The molecule has 10 heavy (non-hydrogen) atoms. The summed E-state index contributed by atoms with van der Waals surface area (Å²) in [4.78, 5) is 13.4. The average Bonchev–Trinajstić information content (AvgIpc) is 1.94. The standard InChI is InChI=1S/C8H9NO/c1-7-4-2-3-5-8(7)9-6-10/h4-5H,2-3H2,1H3. The first-order valence-electron chi connectivity index (χ1n) is 3.30. The fraction of sp³-hybridized carbons (Fsp3) is 0.375. The number of nitrogens with zero attached hydrogens (tertiary/aromatic N) is 1. The van der Waals surface area contributed by atoms with Crippen LogP contribution in [0.3, 0.4) is 0 Å². The van der Waals surface area contributed by atoms with Gasteiger partial charge in [0.25, 0.3) is 0 Å². The molecule has 0 bridgehead atoms. The van der Waals surface area contributed by atoms with Crippen molar-refractivity contribution in [2.24, 2.45) is 4.99 Å². The van der Waals surface area contributed by atoms with Gasteiger partial charge >= 0.3 is 0 Å². The second-order valence-corrected chi connectivity index (χ2v) is 2.26. The number of rotatable bonds is 1. The van der Waals surface area contributed by atoms with Crippen LogP contribution in [0.5, 0.6) is 0 Å². The Hall–Kier alpha value is -1.14. The second kappa shape index (κ2) is 3.14. The van der Waals surface area contributed by atoms with Crippen molar-refractivity contribution in [1.29, 1.82) is 0 Å². The molecule has 0 fully saturated rings. The Morgan fingerprint density at radius 2 is 2.20 bits per heavy atom. The minimum atomic E-state index is 0.779. The lowest BCUT2D eigenvalue weighted by Gasteiger charge is -2.04. The molecule has 1 aliphatic rings. The molecule has 0 aromatic carbocycles. The van der Waals surface area contributed by atoms with Crippen molar-refractivity contribution >= 4 is 6.08 Å². The van der Waals surface area contributed by atoms with E-state index < -0.39 is 0 Å². The van der Waals surface area contributed by atoms with E-state index in [1.54, 1.807) is 0 Å². The van der Waals surface area contributed by atoms with E-state index >= 15 is 0 Å². The van der Waals surface area contributed by atoms with Crippen LogP contribution in [-0.4, -0.2) is 6.08 Å². The summed E-state index contributed by atoms with van der Waals surface area (Å²) in [7, 11) is 0. The molecule has 0 radical (unpaired) electrons. The fourth-order valence-corrected chi connectivity index (χ4v) is 0.968. The number of aliphatic imine (C=N–C) groups is 1. The first-order valence-corrected chi connectivity index (χ1v) is 3.30. The summed E-state index contributed by atoms with van der Waals surface area (Å²) in [6, 6.07) is 0. The summed E-state index contributed by atoms with van der Waals surface area (Å²) in [5.74, 6) is 0. The second-order valence-electron chi connectivity index (χ2n) is 2.26. The van der Waals surface area contributed by atoms with Crippen LogP contribution < -0.4 is 0 Å². The van der Waals surface area contributed by atoms with Crippen LogP contribution in [0.1, 0.15) is 19.8 Å². The summed E-state index contributed by atoms with van der Waals surface area (Å²) in [6.45, 7) is 1.95. The van der Waals surface area contributed by atoms with E-state index in [1.807, 2.05) is 13.0 Å². The molecular formula is C8H9NO. The molecule has 0 atom stereocenters. The van der Waals surface area contributed by atoms with Gasteiger partial charge in [0.15, 0.2) is 0 Å². The Labute approximate surface area is 60.0 Å². The van der Waals surface area contributed by atoms with Crippen LogP contribution in [0.15, 0.2) is 28.4 Å². The highest BCUT2D eigenvalue weighted by Crippen LogP contribution is 2.17. The Morgan fingerprint density at radius 1 is 1.50 bits per heavy atom. The third kappa shape index (κ3) is 1.42. The van der Waals surface area contributed by atoms with Crippen LogP contribution in [0.4, 0.5) is 0 Å². The maximum Gasteiger partial charge on any atom is 0.240 e. The zero-order valence-electron chi connectivity index (χ0n) is 5.92. The van der Waals surface area contributed by atoms with E-state index in [2.05, 4.69) is 11.1 Å². The van der Waals surface area contributed by atoms with Gasteiger partial charge in [-0.3, -0.25) is 0 Å². The molecule has 0 amide bonds. The largest absolute Gasteiger partial charge is 0.240 e. The van der Waals surface area contributed by atoms with E-state index in [-0.39, 0.29) is 0 Å². The molecule has 0 spiro atoms. The monoisotopic (exact) mass is 135 g/mol. The van der Waals surface area contributed by atoms with E-state index in [0.29, 0.717) is 0 Å². The Bertz CT molecular complexity index is 232. The predicted octanol–water partition coefficient (Wildman–Crippen LogP) is 1.95. The lowest BCUT2D eigenvalue weighted by Crippen LogP contribution is -1.87. The Kier molecular flexibility index (Phi) is 2.19. The zero-order valence-corrected chi connectivity index (χ0v) is 5.92. The summed E-state index contributed by atoms with van der Waals surface area (Å²) in [5, 5.41) is 0. The maximum absolute atomic E-state index is 9.86. The van der Waals surface area contributed by atoms with E-state index in [1.165, 1.54) is 6.08 Å². The van der Waals surface area contributed by atoms with Crippen molar-refractivity contribution in [3.05, 3.63) is 23.4 Å². The van der Waals surface area contributed by atoms with Crippen molar-refractivity contribution in [3.8, 4) is 0 Å². The smallest absolute Gasteiger partial charge is 0.211 e. The molecule has 52 valence electrons. The van der Waals surface area contributed by atoms with Gasteiger partial charge in [-0.1, -0.05) is 12.2 Å². The van der Waals surface area contributed by atoms with Gasteiger partial charge in [-0.05, 0) is 25.3 Å². The van der Waals surface area contributed by atoms with Crippen molar-refractivity contribution in [3.63, 3.8) is 0 Å².